The Kier molecular flexibility index (Phi) is 6.71. The zero-order valence-corrected chi connectivity index (χ0v) is 14.8. The molecule has 8 heteroatoms. The maximum atomic E-state index is 12.6. The van der Waals surface area contributed by atoms with Gasteiger partial charge in [0.15, 0.2) is 0 Å². The number of amides is 2. The minimum absolute atomic E-state index is 0.0411. The summed E-state index contributed by atoms with van der Waals surface area (Å²) in [5, 5.41) is 2.74. The summed E-state index contributed by atoms with van der Waals surface area (Å²) in [4.78, 5) is 25.4. The molecule has 1 rings (SSSR count). The molecule has 0 unspecified atom stereocenters. The van der Waals surface area contributed by atoms with Crippen LogP contribution in [0, 0.1) is 0 Å². The van der Waals surface area contributed by atoms with E-state index >= 15 is 0 Å². The van der Waals surface area contributed by atoms with Crippen LogP contribution in [0.4, 0.5) is 13.2 Å². The number of carbonyl (C=O) groups excluding carboxylic acids is 2. The number of hydrogen-bond acceptors (Lipinski definition) is 3. The number of nitrogens with one attached hydrogen (secondary N) is 1. The average Bonchev–Trinajstić information content (AvgIpc) is 2.41. The van der Waals surface area contributed by atoms with Gasteiger partial charge in [0.1, 0.15) is 0 Å². The summed E-state index contributed by atoms with van der Waals surface area (Å²) in [6, 6.07) is 4.80. The summed E-state index contributed by atoms with van der Waals surface area (Å²) < 4.78 is 37.9. The van der Waals surface area contributed by atoms with Gasteiger partial charge in [0, 0.05) is 17.5 Å². The highest BCUT2D eigenvalue weighted by Gasteiger charge is 2.30. The van der Waals surface area contributed by atoms with Crippen LogP contribution < -0.4 is 5.32 Å². The van der Waals surface area contributed by atoms with Gasteiger partial charge < -0.3 is 10.2 Å². The topological polar surface area (TPSA) is 49.4 Å². The van der Waals surface area contributed by atoms with E-state index in [-0.39, 0.29) is 24.1 Å². The molecule has 1 aromatic carbocycles. The van der Waals surface area contributed by atoms with Gasteiger partial charge in [0.2, 0.25) is 11.8 Å². The van der Waals surface area contributed by atoms with Crippen molar-refractivity contribution >= 4 is 23.6 Å². The van der Waals surface area contributed by atoms with Crippen LogP contribution in [0.5, 0.6) is 0 Å². The van der Waals surface area contributed by atoms with Gasteiger partial charge in [-0.25, -0.2) is 0 Å². The molecule has 0 bridgehead atoms. The van der Waals surface area contributed by atoms with Crippen LogP contribution in [-0.4, -0.2) is 41.6 Å². The molecule has 0 aromatic heterocycles. The van der Waals surface area contributed by atoms with E-state index in [2.05, 4.69) is 5.32 Å². The molecule has 0 radical (unpaired) electrons. The highest BCUT2D eigenvalue weighted by molar-refractivity contribution is 8.00. The predicted molar refractivity (Wildman–Crippen MR) is 87.7 cm³/mol. The van der Waals surface area contributed by atoms with Gasteiger partial charge >= 0.3 is 6.18 Å². The molecule has 0 aliphatic rings. The molecule has 0 heterocycles. The summed E-state index contributed by atoms with van der Waals surface area (Å²) >= 11 is 1.00. The summed E-state index contributed by atoms with van der Waals surface area (Å²) in [5.74, 6) is -0.662. The molecule has 0 spiro atoms. The molecule has 0 saturated heterocycles. The number of nitrogens with zero attached hydrogens (tertiary/aromatic N) is 1. The Labute approximate surface area is 143 Å². The van der Waals surface area contributed by atoms with E-state index in [0.29, 0.717) is 4.90 Å². The molecule has 0 aliphatic carbocycles. The van der Waals surface area contributed by atoms with Crippen LogP contribution >= 0.6 is 11.8 Å². The van der Waals surface area contributed by atoms with Crippen molar-refractivity contribution in [2.24, 2.45) is 0 Å². The molecule has 1 N–H and O–H groups in total. The van der Waals surface area contributed by atoms with Crippen LogP contribution in [0.3, 0.4) is 0 Å². The highest BCUT2D eigenvalue weighted by atomic mass is 32.2. The smallest absolute Gasteiger partial charge is 0.350 e. The van der Waals surface area contributed by atoms with Crippen molar-refractivity contribution in [2.45, 2.75) is 37.4 Å². The summed E-state index contributed by atoms with van der Waals surface area (Å²) in [6.45, 7) is 5.39. The molecule has 0 fully saturated rings. The summed E-state index contributed by atoms with van der Waals surface area (Å²) in [5.41, 5.74) is -1.15. The van der Waals surface area contributed by atoms with E-state index in [9.17, 15) is 22.8 Å². The number of rotatable bonds is 5. The standard InChI is InChI=1S/C16H21F3N2O2S/c1-15(2,3)20-13(22)9-21(4)14(23)10-24-12-7-5-6-11(8-12)16(17,18)19/h5-8H,9-10H2,1-4H3,(H,20,22). The van der Waals surface area contributed by atoms with Gasteiger partial charge in [-0.1, -0.05) is 6.07 Å². The first-order valence-corrected chi connectivity index (χ1v) is 8.22. The van der Waals surface area contributed by atoms with Gasteiger partial charge in [-0.15, -0.1) is 11.8 Å². The third-order valence-electron chi connectivity index (χ3n) is 2.84. The van der Waals surface area contributed by atoms with E-state index < -0.39 is 17.3 Å². The van der Waals surface area contributed by atoms with Crippen molar-refractivity contribution in [1.29, 1.82) is 0 Å². The maximum absolute atomic E-state index is 12.6. The van der Waals surface area contributed by atoms with Gasteiger partial charge in [-0.2, -0.15) is 13.2 Å². The van der Waals surface area contributed by atoms with Crippen LogP contribution in [0.25, 0.3) is 0 Å². The van der Waals surface area contributed by atoms with Gasteiger partial charge in [-0.05, 0) is 39.0 Å². The Morgan fingerprint density at radius 1 is 1.21 bits per heavy atom. The fourth-order valence-electron chi connectivity index (χ4n) is 1.78. The van der Waals surface area contributed by atoms with E-state index in [4.69, 9.17) is 0 Å². The monoisotopic (exact) mass is 362 g/mol. The fourth-order valence-corrected chi connectivity index (χ4v) is 2.67. The fraction of sp³-hybridized carbons (Fsp3) is 0.500. The van der Waals surface area contributed by atoms with Gasteiger partial charge in [0.05, 0.1) is 17.9 Å². The SMILES string of the molecule is CN(CC(=O)NC(C)(C)C)C(=O)CSc1cccc(C(F)(F)F)c1. The van der Waals surface area contributed by atoms with Crippen LogP contribution in [0.15, 0.2) is 29.2 Å². The molecule has 24 heavy (non-hydrogen) atoms. The quantitative estimate of drug-likeness (QED) is 0.819. The largest absolute Gasteiger partial charge is 0.416 e. The first-order chi connectivity index (χ1) is 10.9. The molecule has 1 aromatic rings. The van der Waals surface area contributed by atoms with Crippen molar-refractivity contribution < 1.29 is 22.8 Å². The zero-order chi connectivity index (χ0) is 18.5. The minimum Gasteiger partial charge on any atom is -0.350 e. The van der Waals surface area contributed by atoms with Gasteiger partial charge in [0.25, 0.3) is 0 Å². The van der Waals surface area contributed by atoms with E-state index in [1.54, 1.807) is 0 Å². The highest BCUT2D eigenvalue weighted by Crippen LogP contribution is 2.31. The van der Waals surface area contributed by atoms with Crippen molar-refractivity contribution in [3.63, 3.8) is 0 Å². The second-order valence-corrected chi connectivity index (χ2v) is 7.41. The molecule has 4 nitrogen and oxygen atoms in total. The molecule has 0 saturated carbocycles. The van der Waals surface area contributed by atoms with Crippen molar-refractivity contribution in [3.05, 3.63) is 29.8 Å². The van der Waals surface area contributed by atoms with E-state index in [1.165, 1.54) is 24.1 Å². The van der Waals surface area contributed by atoms with Crippen molar-refractivity contribution in [3.8, 4) is 0 Å². The predicted octanol–water partition coefficient (Wildman–Crippen LogP) is 3.17. The third kappa shape index (κ3) is 7.25. The normalized spacial score (nSPS) is 12.0. The third-order valence-corrected chi connectivity index (χ3v) is 3.82. The second-order valence-electron chi connectivity index (χ2n) is 6.36. The zero-order valence-electron chi connectivity index (χ0n) is 14.0. The maximum Gasteiger partial charge on any atom is 0.416 e. The number of thioether (sulfide) groups is 1. The summed E-state index contributed by atoms with van der Waals surface area (Å²) in [7, 11) is 1.48. The number of carbonyl (C=O) groups is 2. The minimum atomic E-state index is -4.41. The Hall–Kier alpha value is -1.70. The van der Waals surface area contributed by atoms with E-state index in [0.717, 1.165) is 23.9 Å². The van der Waals surface area contributed by atoms with E-state index in [1.807, 2.05) is 20.8 Å². The van der Waals surface area contributed by atoms with Crippen molar-refractivity contribution in [1.82, 2.24) is 10.2 Å². The van der Waals surface area contributed by atoms with Crippen molar-refractivity contribution in [2.75, 3.05) is 19.3 Å². The lowest BCUT2D eigenvalue weighted by Gasteiger charge is -2.23. The molecule has 2 amide bonds. The molecular weight excluding hydrogens is 341 g/mol. The Balaban J connectivity index is 2.55. The number of halogens is 3. The Bertz CT molecular complexity index is 598. The second kappa shape index (κ2) is 7.92. The Morgan fingerprint density at radius 3 is 2.38 bits per heavy atom. The lowest BCUT2D eigenvalue weighted by atomic mass is 10.1. The first-order valence-electron chi connectivity index (χ1n) is 7.23. The van der Waals surface area contributed by atoms with Crippen LogP contribution in [0.1, 0.15) is 26.3 Å². The lowest BCUT2D eigenvalue weighted by molar-refractivity contribution is -0.137. The molecular formula is C16H21F3N2O2S. The summed E-state index contributed by atoms with van der Waals surface area (Å²) in [6.07, 6.45) is -4.41. The molecule has 0 aliphatic heterocycles. The molecule has 0 atom stereocenters. The number of likely N-dealkylation sites (N-methyl/N-ethyl adjacent to an activating group) is 1. The van der Waals surface area contributed by atoms with Crippen LogP contribution in [-0.2, 0) is 15.8 Å². The first kappa shape index (κ1) is 20.3. The lowest BCUT2D eigenvalue weighted by Crippen LogP contribution is -2.46. The Morgan fingerprint density at radius 2 is 1.83 bits per heavy atom. The van der Waals surface area contributed by atoms with Gasteiger partial charge in [-0.3, -0.25) is 9.59 Å². The molecule has 134 valence electrons. The average molecular weight is 362 g/mol. The number of alkyl halides is 3. The van der Waals surface area contributed by atoms with Crippen LogP contribution in [0.2, 0.25) is 0 Å². The number of benzene rings is 1. The number of hydrogen-bond donors (Lipinski definition) is 1.